The van der Waals surface area contributed by atoms with Crippen molar-refractivity contribution in [3.05, 3.63) is 60.2 Å². The molecule has 30 heavy (non-hydrogen) atoms. The van der Waals surface area contributed by atoms with E-state index in [1.807, 2.05) is 54.6 Å². The maximum Gasteiger partial charge on any atom is 0.306 e. The molecule has 1 saturated heterocycles. The van der Waals surface area contributed by atoms with Crippen LogP contribution in [0.5, 0.6) is 0 Å². The Morgan fingerprint density at radius 3 is 2.20 bits per heavy atom. The number of carbonyl (C=O) groups is 3. The molecule has 0 bridgehead atoms. The third kappa shape index (κ3) is 5.92. The van der Waals surface area contributed by atoms with E-state index >= 15 is 0 Å². The van der Waals surface area contributed by atoms with Crippen LogP contribution in [0.2, 0.25) is 0 Å². The van der Waals surface area contributed by atoms with Gasteiger partial charge in [-0.15, -0.1) is 0 Å². The molecule has 3 rings (SSSR count). The number of nitrogens with one attached hydrogen (secondary N) is 1. The number of likely N-dealkylation sites (tertiary alicyclic amines) is 1. The first-order valence-electron chi connectivity index (χ1n) is 10.5. The molecule has 1 heterocycles. The third-order valence-electron chi connectivity index (χ3n) is 5.29. The Balaban J connectivity index is 1.45. The molecule has 2 aromatic rings. The SMILES string of the molecule is CCOC(=O)CCC(=O)N1CCC(NC(=O)c2ccc(-c3ccccc3)cc2)CC1. The van der Waals surface area contributed by atoms with Gasteiger partial charge in [0.05, 0.1) is 13.0 Å². The summed E-state index contributed by atoms with van der Waals surface area (Å²) in [6.45, 7) is 3.24. The second-order valence-corrected chi connectivity index (χ2v) is 7.38. The number of hydrogen-bond donors (Lipinski definition) is 1. The second-order valence-electron chi connectivity index (χ2n) is 7.38. The lowest BCUT2D eigenvalue weighted by atomic mass is 10.0. The van der Waals surface area contributed by atoms with Crippen LogP contribution in [0.3, 0.4) is 0 Å². The quantitative estimate of drug-likeness (QED) is 0.713. The van der Waals surface area contributed by atoms with Crippen LogP contribution in [0, 0.1) is 0 Å². The van der Waals surface area contributed by atoms with Crippen molar-refractivity contribution in [1.82, 2.24) is 10.2 Å². The topological polar surface area (TPSA) is 75.7 Å². The summed E-state index contributed by atoms with van der Waals surface area (Å²) in [5.41, 5.74) is 2.81. The predicted octanol–water partition coefficient (Wildman–Crippen LogP) is 3.42. The summed E-state index contributed by atoms with van der Waals surface area (Å²) in [5, 5.41) is 3.07. The van der Waals surface area contributed by atoms with Crippen LogP contribution >= 0.6 is 0 Å². The Morgan fingerprint density at radius 1 is 0.933 bits per heavy atom. The van der Waals surface area contributed by atoms with Gasteiger partial charge in [0.15, 0.2) is 0 Å². The lowest BCUT2D eigenvalue weighted by molar-refractivity contribution is -0.145. The maximum atomic E-state index is 12.6. The van der Waals surface area contributed by atoms with Crippen LogP contribution in [-0.4, -0.2) is 48.4 Å². The van der Waals surface area contributed by atoms with E-state index in [1.54, 1.807) is 11.8 Å². The normalized spacial score (nSPS) is 14.2. The van der Waals surface area contributed by atoms with Gasteiger partial charge in [-0.05, 0) is 43.0 Å². The van der Waals surface area contributed by atoms with E-state index in [0.29, 0.717) is 38.1 Å². The second kappa shape index (κ2) is 10.6. The Kier molecular flexibility index (Phi) is 7.60. The van der Waals surface area contributed by atoms with Crippen molar-refractivity contribution in [3.8, 4) is 11.1 Å². The minimum absolute atomic E-state index is 0.0377. The minimum Gasteiger partial charge on any atom is -0.466 e. The molecule has 158 valence electrons. The third-order valence-corrected chi connectivity index (χ3v) is 5.29. The summed E-state index contributed by atoms with van der Waals surface area (Å²) in [6, 6.07) is 17.7. The van der Waals surface area contributed by atoms with Crippen molar-refractivity contribution in [1.29, 1.82) is 0 Å². The fraction of sp³-hybridized carbons (Fsp3) is 0.375. The number of benzene rings is 2. The summed E-state index contributed by atoms with van der Waals surface area (Å²) in [6.07, 6.45) is 1.70. The minimum atomic E-state index is -0.341. The van der Waals surface area contributed by atoms with Crippen molar-refractivity contribution in [2.24, 2.45) is 0 Å². The van der Waals surface area contributed by atoms with E-state index < -0.39 is 0 Å². The molecule has 1 aliphatic rings. The van der Waals surface area contributed by atoms with E-state index in [2.05, 4.69) is 5.32 Å². The summed E-state index contributed by atoms with van der Waals surface area (Å²) >= 11 is 0. The van der Waals surface area contributed by atoms with E-state index in [1.165, 1.54) is 0 Å². The van der Waals surface area contributed by atoms with Crippen LogP contribution in [0.1, 0.15) is 43.0 Å². The molecule has 0 aromatic heterocycles. The van der Waals surface area contributed by atoms with Gasteiger partial charge in [0, 0.05) is 31.1 Å². The number of nitrogens with zero attached hydrogens (tertiary/aromatic N) is 1. The van der Waals surface area contributed by atoms with E-state index in [-0.39, 0.29) is 36.7 Å². The van der Waals surface area contributed by atoms with Crippen LogP contribution in [-0.2, 0) is 14.3 Å². The van der Waals surface area contributed by atoms with Gasteiger partial charge >= 0.3 is 5.97 Å². The van der Waals surface area contributed by atoms with Gasteiger partial charge < -0.3 is 15.0 Å². The summed E-state index contributed by atoms with van der Waals surface area (Å²) in [7, 11) is 0. The molecule has 1 fully saturated rings. The van der Waals surface area contributed by atoms with Crippen LogP contribution in [0.4, 0.5) is 0 Å². The van der Waals surface area contributed by atoms with Crippen LogP contribution < -0.4 is 5.32 Å². The number of hydrogen-bond acceptors (Lipinski definition) is 4. The molecule has 2 aromatic carbocycles. The largest absolute Gasteiger partial charge is 0.466 e. The summed E-state index contributed by atoms with van der Waals surface area (Å²) < 4.78 is 4.86. The number of amides is 2. The number of piperidine rings is 1. The first kappa shape index (κ1) is 21.6. The van der Waals surface area contributed by atoms with Crippen LogP contribution in [0.25, 0.3) is 11.1 Å². The number of carbonyl (C=O) groups excluding carboxylic acids is 3. The van der Waals surface area contributed by atoms with Crippen molar-refractivity contribution in [3.63, 3.8) is 0 Å². The number of esters is 1. The van der Waals surface area contributed by atoms with Crippen molar-refractivity contribution in [2.75, 3.05) is 19.7 Å². The number of ether oxygens (including phenoxy) is 1. The highest BCUT2D eigenvalue weighted by molar-refractivity contribution is 5.95. The Bertz CT molecular complexity index is 857. The van der Waals surface area contributed by atoms with Gasteiger partial charge in [0.25, 0.3) is 5.91 Å². The Hall–Kier alpha value is -3.15. The average molecular weight is 408 g/mol. The van der Waals surface area contributed by atoms with Gasteiger partial charge in [0.2, 0.25) is 5.91 Å². The first-order chi connectivity index (χ1) is 14.6. The first-order valence-corrected chi connectivity index (χ1v) is 10.5. The fourth-order valence-electron chi connectivity index (χ4n) is 3.59. The molecule has 0 aliphatic carbocycles. The molecular formula is C24H28N2O4. The molecule has 2 amide bonds. The molecule has 0 radical (unpaired) electrons. The molecule has 0 spiro atoms. The molecule has 1 aliphatic heterocycles. The zero-order valence-corrected chi connectivity index (χ0v) is 17.3. The average Bonchev–Trinajstić information content (AvgIpc) is 2.79. The predicted molar refractivity (Wildman–Crippen MR) is 115 cm³/mol. The lowest BCUT2D eigenvalue weighted by Crippen LogP contribution is -2.46. The van der Waals surface area contributed by atoms with Gasteiger partial charge in [-0.25, -0.2) is 0 Å². The summed E-state index contributed by atoms with van der Waals surface area (Å²) in [4.78, 5) is 38.0. The van der Waals surface area contributed by atoms with E-state index in [0.717, 1.165) is 11.1 Å². The highest BCUT2D eigenvalue weighted by Crippen LogP contribution is 2.19. The maximum absolute atomic E-state index is 12.6. The Morgan fingerprint density at radius 2 is 1.57 bits per heavy atom. The molecular weight excluding hydrogens is 380 g/mol. The van der Waals surface area contributed by atoms with E-state index in [4.69, 9.17) is 4.74 Å². The molecule has 6 heteroatoms. The fourth-order valence-corrected chi connectivity index (χ4v) is 3.59. The number of rotatable bonds is 7. The van der Waals surface area contributed by atoms with Gasteiger partial charge in [-0.1, -0.05) is 42.5 Å². The van der Waals surface area contributed by atoms with Gasteiger partial charge in [-0.2, -0.15) is 0 Å². The lowest BCUT2D eigenvalue weighted by Gasteiger charge is -2.32. The van der Waals surface area contributed by atoms with Crippen LogP contribution in [0.15, 0.2) is 54.6 Å². The summed E-state index contributed by atoms with van der Waals surface area (Å²) in [5.74, 6) is -0.475. The molecule has 0 unspecified atom stereocenters. The zero-order valence-electron chi connectivity index (χ0n) is 17.3. The standard InChI is InChI=1S/C24H28N2O4/c1-2-30-23(28)13-12-22(27)26-16-14-21(15-17-26)25-24(29)20-10-8-19(9-11-20)18-6-4-3-5-7-18/h3-11,21H,2,12-17H2,1H3,(H,25,29). The van der Waals surface area contributed by atoms with E-state index in [9.17, 15) is 14.4 Å². The molecule has 6 nitrogen and oxygen atoms in total. The Labute approximate surface area is 177 Å². The van der Waals surface area contributed by atoms with Crippen molar-refractivity contribution in [2.45, 2.75) is 38.6 Å². The highest BCUT2D eigenvalue weighted by atomic mass is 16.5. The molecule has 0 atom stereocenters. The monoisotopic (exact) mass is 408 g/mol. The smallest absolute Gasteiger partial charge is 0.306 e. The molecule has 1 N–H and O–H groups in total. The molecule has 0 saturated carbocycles. The zero-order chi connectivity index (χ0) is 21.3. The van der Waals surface area contributed by atoms with Gasteiger partial charge in [-0.3, -0.25) is 14.4 Å². The van der Waals surface area contributed by atoms with Crippen molar-refractivity contribution < 1.29 is 19.1 Å². The van der Waals surface area contributed by atoms with Gasteiger partial charge in [0.1, 0.15) is 0 Å². The highest BCUT2D eigenvalue weighted by Gasteiger charge is 2.24. The van der Waals surface area contributed by atoms with Crippen molar-refractivity contribution >= 4 is 17.8 Å².